The SMILES string of the molecule is c1ccc(-c2cccc(-c3nc(-c4ccccc4)nc(-c4ccc(-n5c6ccccc6c6cc7c(cc65)c5ccccc5n7-c5ccccc5)c5ccccc45)n3)c2)cc1. The summed E-state index contributed by atoms with van der Waals surface area (Å²) in [5.74, 6) is 1.89. The van der Waals surface area contributed by atoms with E-state index in [0.29, 0.717) is 17.5 Å². The highest BCUT2D eigenvalue weighted by Crippen LogP contribution is 2.42. The molecule has 0 spiro atoms. The van der Waals surface area contributed by atoms with E-state index < -0.39 is 0 Å². The fourth-order valence-corrected chi connectivity index (χ4v) is 9.03. The normalized spacial score (nSPS) is 11.7. The molecule has 0 atom stereocenters. The molecule has 0 aliphatic rings. The number of nitrogens with zero attached hydrogens (tertiary/aromatic N) is 5. The van der Waals surface area contributed by atoms with Gasteiger partial charge in [-0.25, -0.2) is 15.0 Å². The molecule has 3 aromatic heterocycles. The molecule has 60 heavy (non-hydrogen) atoms. The van der Waals surface area contributed by atoms with Gasteiger partial charge in [-0.3, -0.25) is 0 Å². The molecule has 0 N–H and O–H groups in total. The summed E-state index contributed by atoms with van der Waals surface area (Å²) in [6.07, 6.45) is 0. The van der Waals surface area contributed by atoms with Gasteiger partial charge in [0.2, 0.25) is 0 Å². The third-order valence-electron chi connectivity index (χ3n) is 11.8. The molecular formula is C55H35N5. The van der Waals surface area contributed by atoms with E-state index >= 15 is 0 Å². The van der Waals surface area contributed by atoms with E-state index in [1.165, 1.54) is 32.6 Å². The Morgan fingerprint density at radius 2 is 0.750 bits per heavy atom. The first-order valence-corrected chi connectivity index (χ1v) is 20.3. The van der Waals surface area contributed by atoms with Gasteiger partial charge in [0.1, 0.15) is 0 Å². The number of rotatable bonds is 6. The molecule has 3 heterocycles. The van der Waals surface area contributed by atoms with E-state index in [-0.39, 0.29) is 0 Å². The van der Waals surface area contributed by atoms with Gasteiger partial charge in [0, 0.05) is 49.3 Å². The Labute approximate surface area is 346 Å². The van der Waals surface area contributed by atoms with E-state index in [1.54, 1.807) is 0 Å². The number of fused-ring (bicyclic) bond motifs is 7. The summed E-state index contributed by atoms with van der Waals surface area (Å²) in [6.45, 7) is 0. The standard InChI is InChI=1S/C55H35N5/c1-4-17-36(18-5-1)38-21-16-22-39(33-38)54-56-53(37-19-6-2-7-20-37)57-55(58-54)45-31-32-50(42-26-11-10-25-41(42)45)60-49-30-15-13-28-44(49)47-34-51-46(35-52(47)60)43-27-12-14-29-48(43)59(51)40-23-8-3-9-24-40/h1-35H. The summed E-state index contributed by atoms with van der Waals surface area (Å²) in [5.41, 5.74) is 12.0. The largest absolute Gasteiger partial charge is 0.309 e. The smallest absolute Gasteiger partial charge is 0.164 e. The van der Waals surface area contributed by atoms with Gasteiger partial charge in [0.25, 0.3) is 0 Å². The number of benzene rings is 9. The lowest BCUT2D eigenvalue weighted by Crippen LogP contribution is -2.02. The molecule has 12 aromatic rings. The highest BCUT2D eigenvalue weighted by Gasteiger charge is 2.21. The first kappa shape index (κ1) is 33.9. The Morgan fingerprint density at radius 1 is 0.267 bits per heavy atom. The molecule has 0 saturated heterocycles. The zero-order valence-corrected chi connectivity index (χ0v) is 32.4. The lowest BCUT2D eigenvalue weighted by atomic mass is 10.0. The maximum atomic E-state index is 5.24. The van der Waals surface area contributed by atoms with Crippen LogP contribution in [-0.2, 0) is 0 Å². The van der Waals surface area contributed by atoms with Crippen LogP contribution >= 0.6 is 0 Å². The molecule has 280 valence electrons. The van der Waals surface area contributed by atoms with E-state index in [0.717, 1.165) is 61.0 Å². The van der Waals surface area contributed by atoms with E-state index in [1.807, 2.05) is 24.3 Å². The van der Waals surface area contributed by atoms with Crippen LogP contribution in [0.15, 0.2) is 212 Å². The molecule has 0 aliphatic carbocycles. The highest BCUT2D eigenvalue weighted by molar-refractivity contribution is 6.19. The van der Waals surface area contributed by atoms with Gasteiger partial charge in [-0.2, -0.15) is 0 Å². The van der Waals surface area contributed by atoms with Gasteiger partial charge in [-0.1, -0.05) is 158 Å². The van der Waals surface area contributed by atoms with Crippen LogP contribution < -0.4 is 0 Å². The Bertz CT molecular complexity index is 3590. The molecule has 0 fully saturated rings. The molecule has 0 unspecified atom stereocenters. The van der Waals surface area contributed by atoms with Crippen molar-refractivity contribution in [1.29, 1.82) is 0 Å². The maximum absolute atomic E-state index is 5.24. The molecule has 0 saturated carbocycles. The highest BCUT2D eigenvalue weighted by atomic mass is 15.0. The van der Waals surface area contributed by atoms with Crippen molar-refractivity contribution in [3.05, 3.63) is 212 Å². The summed E-state index contributed by atoms with van der Waals surface area (Å²) in [7, 11) is 0. The monoisotopic (exact) mass is 765 g/mol. The number of para-hydroxylation sites is 3. The van der Waals surface area contributed by atoms with Gasteiger partial charge < -0.3 is 9.13 Å². The Hall–Kier alpha value is -8.15. The van der Waals surface area contributed by atoms with Gasteiger partial charge in [0.15, 0.2) is 17.5 Å². The Kier molecular flexibility index (Phi) is 7.78. The van der Waals surface area contributed by atoms with Crippen molar-refractivity contribution in [2.75, 3.05) is 0 Å². The van der Waals surface area contributed by atoms with Crippen LogP contribution in [0.5, 0.6) is 0 Å². The molecule has 5 heteroatoms. The average molecular weight is 766 g/mol. The van der Waals surface area contributed by atoms with E-state index in [2.05, 4.69) is 197 Å². The van der Waals surface area contributed by atoms with Gasteiger partial charge in [-0.15, -0.1) is 0 Å². The lowest BCUT2D eigenvalue weighted by Gasteiger charge is -2.15. The van der Waals surface area contributed by atoms with Crippen molar-refractivity contribution in [3.8, 4) is 56.7 Å². The van der Waals surface area contributed by atoms with E-state index in [9.17, 15) is 0 Å². The summed E-state index contributed by atoms with van der Waals surface area (Å²) in [4.78, 5) is 15.5. The molecule has 12 rings (SSSR count). The zero-order valence-electron chi connectivity index (χ0n) is 32.4. The van der Waals surface area contributed by atoms with Crippen molar-refractivity contribution < 1.29 is 0 Å². The fourth-order valence-electron chi connectivity index (χ4n) is 9.03. The maximum Gasteiger partial charge on any atom is 0.164 e. The first-order chi connectivity index (χ1) is 29.8. The number of hydrogen-bond donors (Lipinski definition) is 0. The summed E-state index contributed by atoms with van der Waals surface area (Å²) in [6, 6.07) is 75.1. The van der Waals surface area contributed by atoms with Crippen LogP contribution in [0, 0.1) is 0 Å². The number of hydrogen-bond acceptors (Lipinski definition) is 3. The third kappa shape index (κ3) is 5.44. The van der Waals surface area contributed by atoms with Gasteiger partial charge in [-0.05, 0) is 71.1 Å². The van der Waals surface area contributed by atoms with Crippen LogP contribution in [-0.4, -0.2) is 24.1 Å². The second-order valence-electron chi connectivity index (χ2n) is 15.2. The van der Waals surface area contributed by atoms with Crippen LogP contribution in [0.1, 0.15) is 0 Å². The van der Waals surface area contributed by atoms with Crippen molar-refractivity contribution in [3.63, 3.8) is 0 Å². The van der Waals surface area contributed by atoms with Crippen molar-refractivity contribution in [2.24, 2.45) is 0 Å². The van der Waals surface area contributed by atoms with Crippen molar-refractivity contribution >= 4 is 54.4 Å². The molecule has 0 amide bonds. The predicted octanol–water partition coefficient (Wildman–Crippen LogP) is 13.9. The second-order valence-corrected chi connectivity index (χ2v) is 15.2. The van der Waals surface area contributed by atoms with Crippen LogP contribution in [0.2, 0.25) is 0 Å². The molecular weight excluding hydrogens is 731 g/mol. The predicted molar refractivity (Wildman–Crippen MR) is 248 cm³/mol. The lowest BCUT2D eigenvalue weighted by molar-refractivity contribution is 1.08. The Balaban J connectivity index is 1.09. The van der Waals surface area contributed by atoms with E-state index in [4.69, 9.17) is 15.0 Å². The van der Waals surface area contributed by atoms with Crippen LogP contribution in [0.25, 0.3) is 111 Å². The topological polar surface area (TPSA) is 48.5 Å². The molecule has 9 aromatic carbocycles. The van der Waals surface area contributed by atoms with Crippen LogP contribution in [0.3, 0.4) is 0 Å². The summed E-state index contributed by atoms with van der Waals surface area (Å²) >= 11 is 0. The Morgan fingerprint density at radius 3 is 1.43 bits per heavy atom. The second kappa shape index (κ2) is 13.8. The molecule has 0 aliphatic heterocycles. The minimum Gasteiger partial charge on any atom is -0.309 e. The third-order valence-corrected chi connectivity index (χ3v) is 11.8. The average Bonchev–Trinajstić information content (AvgIpc) is 3.83. The molecule has 5 nitrogen and oxygen atoms in total. The fraction of sp³-hybridized carbons (Fsp3) is 0. The number of aromatic nitrogens is 5. The van der Waals surface area contributed by atoms with Crippen LogP contribution in [0.4, 0.5) is 0 Å². The van der Waals surface area contributed by atoms with Crippen molar-refractivity contribution in [2.45, 2.75) is 0 Å². The zero-order chi connectivity index (χ0) is 39.6. The van der Waals surface area contributed by atoms with Crippen molar-refractivity contribution in [1.82, 2.24) is 24.1 Å². The van der Waals surface area contributed by atoms with Gasteiger partial charge in [0.05, 0.1) is 27.8 Å². The van der Waals surface area contributed by atoms with Gasteiger partial charge >= 0.3 is 0 Å². The minimum absolute atomic E-state index is 0.629. The minimum atomic E-state index is 0.629. The first-order valence-electron chi connectivity index (χ1n) is 20.3. The summed E-state index contributed by atoms with van der Waals surface area (Å²) in [5, 5.41) is 7.04. The summed E-state index contributed by atoms with van der Waals surface area (Å²) < 4.78 is 4.83. The molecule has 0 bridgehead atoms. The quantitative estimate of drug-likeness (QED) is 0.169. The molecule has 0 radical (unpaired) electrons.